The van der Waals surface area contributed by atoms with Crippen molar-refractivity contribution in [3.05, 3.63) is 0 Å². The van der Waals surface area contributed by atoms with E-state index in [1.807, 2.05) is 4.90 Å². The zero-order valence-corrected chi connectivity index (χ0v) is 11.9. The first-order chi connectivity index (χ1) is 8.11. The molecule has 0 aromatic carbocycles. The van der Waals surface area contributed by atoms with Gasteiger partial charge in [0, 0.05) is 19.6 Å². The summed E-state index contributed by atoms with van der Waals surface area (Å²) in [5.74, 6) is 0. The number of carbonyl (C=O) groups excluding carboxylic acids is 1. The molecule has 0 saturated heterocycles. The number of nitrogens with one attached hydrogen (secondary N) is 1. The van der Waals surface area contributed by atoms with Gasteiger partial charge in [0.05, 0.1) is 5.54 Å². The summed E-state index contributed by atoms with van der Waals surface area (Å²) in [4.78, 5) is 14.1. The summed E-state index contributed by atoms with van der Waals surface area (Å²) in [7, 11) is 0. The molecule has 0 fully saturated rings. The average Bonchev–Trinajstić information content (AvgIpc) is 2.37. The van der Waals surface area contributed by atoms with Gasteiger partial charge in [0.15, 0.2) is 0 Å². The van der Waals surface area contributed by atoms with E-state index in [9.17, 15) is 4.79 Å². The highest BCUT2D eigenvalue weighted by atomic mass is 16.2. The second-order valence-corrected chi connectivity index (χ2v) is 4.52. The maximum Gasteiger partial charge on any atom is 0.317 e. The highest BCUT2D eigenvalue weighted by Crippen LogP contribution is 2.23. The van der Waals surface area contributed by atoms with Gasteiger partial charge >= 0.3 is 6.03 Å². The molecule has 102 valence electrons. The molecule has 0 aliphatic heterocycles. The Hall–Kier alpha value is -0.770. The monoisotopic (exact) mass is 243 g/mol. The summed E-state index contributed by atoms with van der Waals surface area (Å²) in [5, 5.41) is 2.96. The van der Waals surface area contributed by atoms with E-state index < -0.39 is 0 Å². The number of hydrogen-bond acceptors (Lipinski definition) is 2. The fraction of sp³-hybridized carbons (Fsp3) is 0.923. The standard InChI is InChI=1S/C13H29N3O/c1-5-9-15-12(17)16(10-6-2)13(7-3,8-4)11-14/h5-11,14H2,1-4H3,(H,15,17). The smallest absolute Gasteiger partial charge is 0.317 e. The third-order valence-electron chi connectivity index (χ3n) is 3.49. The maximum atomic E-state index is 12.2. The molecule has 0 unspecified atom stereocenters. The SMILES string of the molecule is CCCNC(=O)N(CCC)C(CC)(CC)CN. The Kier molecular flexibility index (Phi) is 7.96. The van der Waals surface area contributed by atoms with Crippen molar-refractivity contribution in [1.82, 2.24) is 10.2 Å². The van der Waals surface area contributed by atoms with Crippen molar-refractivity contribution in [1.29, 1.82) is 0 Å². The van der Waals surface area contributed by atoms with E-state index in [0.29, 0.717) is 6.54 Å². The van der Waals surface area contributed by atoms with Crippen LogP contribution in [-0.2, 0) is 0 Å². The Balaban J connectivity index is 4.84. The molecule has 2 amide bonds. The lowest BCUT2D eigenvalue weighted by molar-refractivity contribution is 0.108. The number of nitrogens with two attached hydrogens (primary N) is 1. The van der Waals surface area contributed by atoms with Crippen LogP contribution in [0.2, 0.25) is 0 Å². The summed E-state index contributed by atoms with van der Waals surface area (Å²) in [6, 6.07) is 0.0304. The van der Waals surface area contributed by atoms with Crippen LogP contribution in [0.3, 0.4) is 0 Å². The Morgan fingerprint density at radius 1 is 1.18 bits per heavy atom. The van der Waals surface area contributed by atoms with Gasteiger partial charge in [-0.05, 0) is 25.7 Å². The molecule has 0 heterocycles. The van der Waals surface area contributed by atoms with Gasteiger partial charge in [-0.3, -0.25) is 0 Å². The first-order valence-electron chi connectivity index (χ1n) is 6.87. The number of urea groups is 1. The molecule has 0 atom stereocenters. The molecule has 0 saturated carbocycles. The topological polar surface area (TPSA) is 58.4 Å². The van der Waals surface area contributed by atoms with E-state index in [0.717, 1.165) is 38.8 Å². The minimum absolute atomic E-state index is 0.0304. The highest BCUT2D eigenvalue weighted by Gasteiger charge is 2.34. The minimum atomic E-state index is -0.187. The van der Waals surface area contributed by atoms with Gasteiger partial charge < -0.3 is 16.0 Å². The Bertz CT molecular complexity index is 206. The first-order valence-corrected chi connectivity index (χ1v) is 6.87. The molecule has 17 heavy (non-hydrogen) atoms. The third kappa shape index (κ3) is 4.19. The van der Waals surface area contributed by atoms with Gasteiger partial charge in [-0.25, -0.2) is 4.79 Å². The fourth-order valence-corrected chi connectivity index (χ4v) is 2.14. The summed E-state index contributed by atoms with van der Waals surface area (Å²) >= 11 is 0. The van der Waals surface area contributed by atoms with Gasteiger partial charge in [0.2, 0.25) is 0 Å². The molecule has 0 bridgehead atoms. The van der Waals surface area contributed by atoms with Crippen molar-refractivity contribution in [2.45, 2.75) is 58.9 Å². The number of rotatable bonds is 8. The van der Waals surface area contributed by atoms with Crippen molar-refractivity contribution in [3.8, 4) is 0 Å². The van der Waals surface area contributed by atoms with E-state index in [2.05, 4.69) is 33.0 Å². The lowest BCUT2D eigenvalue weighted by Gasteiger charge is -2.42. The number of nitrogens with zero attached hydrogens (tertiary/aromatic N) is 1. The van der Waals surface area contributed by atoms with Crippen LogP contribution < -0.4 is 11.1 Å². The average molecular weight is 243 g/mol. The number of carbonyl (C=O) groups is 1. The second kappa shape index (κ2) is 8.34. The van der Waals surface area contributed by atoms with Gasteiger partial charge in [-0.15, -0.1) is 0 Å². The normalized spacial score (nSPS) is 11.4. The molecule has 4 heteroatoms. The van der Waals surface area contributed by atoms with E-state index in [-0.39, 0.29) is 11.6 Å². The number of amides is 2. The van der Waals surface area contributed by atoms with Crippen molar-refractivity contribution in [3.63, 3.8) is 0 Å². The maximum absolute atomic E-state index is 12.2. The van der Waals surface area contributed by atoms with Crippen molar-refractivity contribution in [2.75, 3.05) is 19.6 Å². The van der Waals surface area contributed by atoms with Gasteiger partial charge in [-0.1, -0.05) is 27.7 Å². The van der Waals surface area contributed by atoms with Gasteiger partial charge in [0.1, 0.15) is 0 Å². The van der Waals surface area contributed by atoms with Crippen molar-refractivity contribution < 1.29 is 4.79 Å². The molecule has 0 radical (unpaired) electrons. The number of hydrogen-bond donors (Lipinski definition) is 2. The summed E-state index contributed by atoms with van der Waals surface area (Å²) < 4.78 is 0. The molecule has 0 aliphatic carbocycles. The third-order valence-corrected chi connectivity index (χ3v) is 3.49. The van der Waals surface area contributed by atoms with Crippen LogP contribution in [0, 0.1) is 0 Å². The zero-order valence-electron chi connectivity index (χ0n) is 11.9. The van der Waals surface area contributed by atoms with E-state index in [4.69, 9.17) is 5.73 Å². The predicted octanol–water partition coefficient (Wildman–Crippen LogP) is 2.34. The molecular formula is C13H29N3O. The van der Waals surface area contributed by atoms with Crippen molar-refractivity contribution in [2.24, 2.45) is 5.73 Å². The fourth-order valence-electron chi connectivity index (χ4n) is 2.14. The molecule has 0 aromatic heterocycles. The molecule has 4 nitrogen and oxygen atoms in total. The van der Waals surface area contributed by atoms with Crippen LogP contribution in [-0.4, -0.2) is 36.1 Å². The molecule has 3 N–H and O–H groups in total. The first kappa shape index (κ1) is 16.2. The Morgan fingerprint density at radius 3 is 2.12 bits per heavy atom. The molecule has 0 aliphatic rings. The van der Waals surface area contributed by atoms with Crippen LogP contribution in [0.5, 0.6) is 0 Å². The van der Waals surface area contributed by atoms with Crippen LogP contribution in [0.1, 0.15) is 53.4 Å². The van der Waals surface area contributed by atoms with Crippen LogP contribution in [0.4, 0.5) is 4.79 Å². The molecular weight excluding hydrogens is 214 g/mol. The molecule has 0 rings (SSSR count). The second-order valence-electron chi connectivity index (χ2n) is 4.52. The quantitative estimate of drug-likeness (QED) is 0.687. The van der Waals surface area contributed by atoms with Crippen LogP contribution in [0.25, 0.3) is 0 Å². The largest absolute Gasteiger partial charge is 0.338 e. The Labute approximate surface area is 106 Å². The van der Waals surface area contributed by atoms with E-state index in [1.54, 1.807) is 0 Å². The van der Waals surface area contributed by atoms with Crippen LogP contribution >= 0.6 is 0 Å². The summed E-state index contributed by atoms with van der Waals surface area (Å²) in [5.41, 5.74) is 5.72. The lowest BCUT2D eigenvalue weighted by Crippen LogP contribution is -2.58. The molecule has 0 spiro atoms. The Morgan fingerprint density at radius 2 is 1.76 bits per heavy atom. The summed E-state index contributed by atoms with van der Waals surface area (Å²) in [6.07, 6.45) is 3.72. The van der Waals surface area contributed by atoms with E-state index >= 15 is 0 Å². The van der Waals surface area contributed by atoms with Gasteiger partial charge in [0.25, 0.3) is 0 Å². The van der Waals surface area contributed by atoms with Crippen LogP contribution in [0.15, 0.2) is 0 Å². The van der Waals surface area contributed by atoms with Gasteiger partial charge in [-0.2, -0.15) is 0 Å². The lowest BCUT2D eigenvalue weighted by atomic mass is 9.90. The highest BCUT2D eigenvalue weighted by molar-refractivity contribution is 5.75. The predicted molar refractivity (Wildman–Crippen MR) is 73.1 cm³/mol. The van der Waals surface area contributed by atoms with Crippen molar-refractivity contribution >= 4 is 6.03 Å². The van der Waals surface area contributed by atoms with E-state index in [1.165, 1.54) is 0 Å². The zero-order chi connectivity index (χ0) is 13.3. The minimum Gasteiger partial charge on any atom is -0.338 e. The molecule has 0 aromatic rings. The summed E-state index contributed by atoms with van der Waals surface area (Å²) in [6.45, 7) is 10.4.